The molecule has 3 heterocycles. The van der Waals surface area contributed by atoms with Crippen LogP contribution in [-0.4, -0.2) is 49.1 Å². The third-order valence-electron chi connectivity index (χ3n) is 4.88. The molecule has 8 nitrogen and oxygen atoms in total. The Labute approximate surface area is 174 Å². The Hall–Kier alpha value is -3.46. The van der Waals surface area contributed by atoms with Gasteiger partial charge in [0, 0.05) is 35.7 Å². The standard InChI is InChI=1S/C21H21N5O3S/c1-29-17-11-15(12-24-20(17)22)19-18(13-6-8-23-9-7-13)25-21(26-19)14-4-3-5-16(10-14)30(2,27)28/h3-11,15H,12H2,1-2H3,(H2,22,24)(H,25,26). The highest BCUT2D eigenvalue weighted by atomic mass is 32.2. The predicted molar refractivity (Wildman–Crippen MR) is 115 cm³/mol. The van der Waals surface area contributed by atoms with Gasteiger partial charge < -0.3 is 15.5 Å². The number of imidazole rings is 1. The molecule has 3 aromatic rings. The number of aliphatic imine (C=N–C) groups is 1. The first-order chi connectivity index (χ1) is 14.4. The third kappa shape index (κ3) is 3.84. The lowest BCUT2D eigenvalue weighted by Gasteiger charge is -2.18. The molecule has 1 atom stereocenters. The van der Waals surface area contributed by atoms with E-state index in [1.807, 2.05) is 24.3 Å². The largest absolute Gasteiger partial charge is 0.493 e. The second kappa shape index (κ2) is 7.75. The van der Waals surface area contributed by atoms with Crippen LogP contribution < -0.4 is 5.73 Å². The summed E-state index contributed by atoms with van der Waals surface area (Å²) in [5, 5.41) is 0. The van der Waals surface area contributed by atoms with E-state index in [4.69, 9.17) is 15.5 Å². The number of hydrogen-bond acceptors (Lipinski definition) is 7. The van der Waals surface area contributed by atoms with Crippen molar-refractivity contribution in [1.82, 2.24) is 15.0 Å². The van der Waals surface area contributed by atoms with Crippen LogP contribution >= 0.6 is 0 Å². The van der Waals surface area contributed by atoms with Crippen molar-refractivity contribution in [2.45, 2.75) is 10.8 Å². The van der Waals surface area contributed by atoms with Gasteiger partial charge in [-0.05, 0) is 30.3 Å². The quantitative estimate of drug-likeness (QED) is 0.650. The van der Waals surface area contributed by atoms with Crippen molar-refractivity contribution in [2.24, 2.45) is 10.7 Å². The van der Waals surface area contributed by atoms with Crippen LogP contribution in [0.2, 0.25) is 0 Å². The summed E-state index contributed by atoms with van der Waals surface area (Å²) in [6.45, 7) is 0.446. The molecule has 154 valence electrons. The van der Waals surface area contributed by atoms with E-state index in [1.165, 1.54) is 6.26 Å². The molecule has 0 amide bonds. The molecule has 4 rings (SSSR count). The van der Waals surface area contributed by atoms with Crippen molar-refractivity contribution in [3.63, 3.8) is 0 Å². The van der Waals surface area contributed by atoms with Crippen LogP contribution in [-0.2, 0) is 14.6 Å². The number of ether oxygens (including phenoxy) is 1. The maximum absolute atomic E-state index is 12.0. The van der Waals surface area contributed by atoms with Crippen molar-refractivity contribution >= 4 is 15.7 Å². The average Bonchev–Trinajstić information content (AvgIpc) is 3.20. The number of nitrogens with one attached hydrogen (secondary N) is 1. The highest BCUT2D eigenvalue weighted by molar-refractivity contribution is 7.90. The molecule has 2 aromatic heterocycles. The summed E-state index contributed by atoms with van der Waals surface area (Å²) < 4.78 is 29.3. The Balaban J connectivity index is 1.85. The molecule has 0 saturated heterocycles. The highest BCUT2D eigenvalue weighted by Gasteiger charge is 2.24. The molecule has 30 heavy (non-hydrogen) atoms. The minimum atomic E-state index is -3.33. The van der Waals surface area contributed by atoms with Crippen molar-refractivity contribution in [3.8, 4) is 22.6 Å². The third-order valence-corrected chi connectivity index (χ3v) is 5.99. The highest BCUT2D eigenvalue weighted by Crippen LogP contribution is 2.33. The SMILES string of the molecule is COC1=CC(c2[nH]c(-c3cccc(S(C)(=O)=O)c3)nc2-c2ccncc2)CN=C1N. The molecule has 1 aliphatic heterocycles. The number of pyridine rings is 1. The summed E-state index contributed by atoms with van der Waals surface area (Å²) in [6, 6.07) is 10.4. The number of aromatic amines is 1. The molecule has 0 fully saturated rings. The second-order valence-corrected chi connectivity index (χ2v) is 8.97. The first kappa shape index (κ1) is 19.8. The summed E-state index contributed by atoms with van der Waals surface area (Å²) in [7, 11) is -1.78. The summed E-state index contributed by atoms with van der Waals surface area (Å²) in [4.78, 5) is 16.8. The van der Waals surface area contributed by atoms with E-state index >= 15 is 0 Å². The van der Waals surface area contributed by atoms with Gasteiger partial charge in [0.05, 0.1) is 29.9 Å². The van der Waals surface area contributed by atoms with Gasteiger partial charge >= 0.3 is 0 Å². The number of H-pyrrole nitrogens is 1. The van der Waals surface area contributed by atoms with Crippen LogP contribution in [0.25, 0.3) is 22.6 Å². The van der Waals surface area contributed by atoms with Crippen LogP contribution in [0.4, 0.5) is 0 Å². The van der Waals surface area contributed by atoms with Crippen LogP contribution in [0.3, 0.4) is 0 Å². The fraction of sp³-hybridized carbons (Fsp3) is 0.190. The van der Waals surface area contributed by atoms with Crippen LogP contribution in [0.1, 0.15) is 11.6 Å². The molecule has 1 aliphatic rings. The van der Waals surface area contributed by atoms with E-state index in [-0.39, 0.29) is 10.8 Å². The van der Waals surface area contributed by atoms with Crippen LogP contribution in [0, 0.1) is 0 Å². The van der Waals surface area contributed by atoms with E-state index in [9.17, 15) is 8.42 Å². The Kier molecular flexibility index (Phi) is 5.13. The van der Waals surface area contributed by atoms with E-state index in [0.29, 0.717) is 29.5 Å². The van der Waals surface area contributed by atoms with Gasteiger partial charge in [-0.25, -0.2) is 13.4 Å². The lowest BCUT2D eigenvalue weighted by molar-refractivity contribution is 0.309. The Morgan fingerprint density at radius 2 is 1.93 bits per heavy atom. The fourth-order valence-electron chi connectivity index (χ4n) is 3.34. The van der Waals surface area contributed by atoms with Crippen molar-refractivity contribution in [2.75, 3.05) is 19.9 Å². The van der Waals surface area contributed by atoms with Crippen molar-refractivity contribution < 1.29 is 13.2 Å². The van der Waals surface area contributed by atoms with E-state index in [0.717, 1.165) is 17.0 Å². The number of hydrogen-bond donors (Lipinski definition) is 2. The molecule has 0 radical (unpaired) electrons. The topological polar surface area (TPSA) is 123 Å². The minimum Gasteiger partial charge on any atom is -0.493 e. The zero-order valence-electron chi connectivity index (χ0n) is 16.5. The molecule has 3 N–H and O–H groups in total. The predicted octanol–water partition coefficient (Wildman–Crippen LogP) is 2.53. The van der Waals surface area contributed by atoms with Gasteiger partial charge in [-0.3, -0.25) is 9.98 Å². The maximum atomic E-state index is 12.0. The van der Waals surface area contributed by atoms with Gasteiger partial charge in [0.25, 0.3) is 0 Å². The van der Waals surface area contributed by atoms with Gasteiger partial charge in [0.15, 0.2) is 21.4 Å². The number of aromatic nitrogens is 3. The van der Waals surface area contributed by atoms with Gasteiger partial charge in [0.1, 0.15) is 5.82 Å². The number of dihydropyridines is 1. The Bertz CT molecular complexity index is 1250. The minimum absolute atomic E-state index is 0.130. The molecule has 0 saturated carbocycles. The number of sulfone groups is 1. The van der Waals surface area contributed by atoms with E-state index in [1.54, 1.807) is 37.7 Å². The van der Waals surface area contributed by atoms with Crippen molar-refractivity contribution in [3.05, 3.63) is 66.3 Å². The summed E-state index contributed by atoms with van der Waals surface area (Å²) in [5.74, 6) is 1.31. The summed E-state index contributed by atoms with van der Waals surface area (Å²) >= 11 is 0. The zero-order valence-corrected chi connectivity index (χ0v) is 17.3. The van der Waals surface area contributed by atoms with Crippen LogP contribution in [0.5, 0.6) is 0 Å². The number of amidine groups is 1. The maximum Gasteiger partial charge on any atom is 0.175 e. The Morgan fingerprint density at radius 3 is 2.63 bits per heavy atom. The molecular formula is C21H21N5O3S. The number of rotatable bonds is 5. The molecule has 0 spiro atoms. The number of methoxy groups -OCH3 is 1. The summed E-state index contributed by atoms with van der Waals surface area (Å²) in [6.07, 6.45) is 6.50. The van der Waals surface area contributed by atoms with Gasteiger partial charge in [-0.1, -0.05) is 12.1 Å². The normalized spacial score (nSPS) is 16.7. The Morgan fingerprint density at radius 1 is 1.17 bits per heavy atom. The molecule has 1 unspecified atom stereocenters. The lowest BCUT2D eigenvalue weighted by Crippen LogP contribution is -2.23. The molecular weight excluding hydrogens is 402 g/mol. The smallest absolute Gasteiger partial charge is 0.175 e. The molecule has 9 heteroatoms. The van der Waals surface area contributed by atoms with Gasteiger partial charge in [0.2, 0.25) is 0 Å². The molecule has 0 aliphatic carbocycles. The fourth-order valence-corrected chi connectivity index (χ4v) is 4.01. The van der Waals surface area contributed by atoms with E-state index < -0.39 is 9.84 Å². The first-order valence-electron chi connectivity index (χ1n) is 9.23. The molecule has 0 bridgehead atoms. The zero-order chi connectivity index (χ0) is 21.3. The first-order valence-corrected chi connectivity index (χ1v) is 11.1. The van der Waals surface area contributed by atoms with Crippen molar-refractivity contribution in [1.29, 1.82) is 0 Å². The second-order valence-electron chi connectivity index (χ2n) is 6.95. The number of nitrogens with zero attached hydrogens (tertiary/aromatic N) is 3. The monoisotopic (exact) mass is 423 g/mol. The number of benzene rings is 1. The van der Waals surface area contributed by atoms with Gasteiger partial charge in [-0.2, -0.15) is 0 Å². The van der Waals surface area contributed by atoms with Crippen LogP contribution in [0.15, 0.2) is 70.5 Å². The van der Waals surface area contributed by atoms with E-state index in [2.05, 4.69) is 15.0 Å². The van der Waals surface area contributed by atoms with Gasteiger partial charge in [-0.15, -0.1) is 0 Å². The lowest BCUT2D eigenvalue weighted by atomic mass is 9.98. The average molecular weight is 423 g/mol. The summed E-state index contributed by atoms with van der Waals surface area (Å²) in [5.41, 5.74) is 9.04. The number of nitrogens with two attached hydrogens (primary N) is 1. The molecule has 1 aromatic carbocycles.